The van der Waals surface area contributed by atoms with Crippen LogP contribution in [0, 0.1) is 53.4 Å². The minimum atomic E-state index is -3.56. The van der Waals surface area contributed by atoms with Gasteiger partial charge in [0.25, 0.3) is 17.0 Å². The lowest BCUT2D eigenvalue weighted by Gasteiger charge is -2.39. The molecule has 4 aromatic heterocycles. The summed E-state index contributed by atoms with van der Waals surface area (Å²) in [6, 6.07) is 22.4. The van der Waals surface area contributed by atoms with Gasteiger partial charge in [0, 0.05) is 47.7 Å². The predicted molar refractivity (Wildman–Crippen MR) is 293 cm³/mol. The van der Waals surface area contributed by atoms with E-state index in [0.29, 0.717) is 46.8 Å². The predicted octanol–water partition coefficient (Wildman–Crippen LogP) is 7.75. The number of carboxylic acids is 1. The third kappa shape index (κ3) is 13.4. The Kier molecular flexibility index (Phi) is 17.2. The van der Waals surface area contributed by atoms with Crippen molar-refractivity contribution in [3.05, 3.63) is 161 Å². The zero-order valence-electron chi connectivity index (χ0n) is 44.8. The summed E-state index contributed by atoms with van der Waals surface area (Å²) >= 11 is 0. The highest BCUT2D eigenvalue weighted by Crippen LogP contribution is 2.38. The van der Waals surface area contributed by atoms with E-state index < -0.39 is 26.0 Å². The van der Waals surface area contributed by atoms with Crippen molar-refractivity contribution in [1.29, 1.82) is 0 Å². The number of carbonyl (C=O) groups excluding carboxylic acids is 2. The average molecular weight is 1100 g/mol. The number of hydrogen-bond donors (Lipinski definition) is 5. The van der Waals surface area contributed by atoms with Gasteiger partial charge >= 0.3 is 12.1 Å². The normalized spacial score (nSPS) is 17.7. The lowest BCUT2D eigenvalue weighted by Crippen LogP contribution is -2.42. The Labute approximate surface area is 446 Å². The summed E-state index contributed by atoms with van der Waals surface area (Å²) in [7, 11) is -7.02. The second kappa shape index (κ2) is 23.2. The molecule has 23 heteroatoms. The summed E-state index contributed by atoms with van der Waals surface area (Å²) in [6.07, 6.45) is 5.38. The van der Waals surface area contributed by atoms with Crippen molar-refractivity contribution in [2.75, 3.05) is 35.0 Å². The van der Waals surface area contributed by atoms with Gasteiger partial charge in [0.05, 0.1) is 58.5 Å². The van der Waals surface area contributed by atoms with Crippen LogP contribution in [0.25, 0.3) is 11.3 Å². The van der Waals surface area contributed by atoms with E-state index in [-0.39, 0.29) is 70.6 Å². The van der Waals surface area contributed by atoms with Crippen LogP contribution in [0.3, 0.4) is 0 Å². The minimum Gasteiger partial charge on any atom is -0.478 e. The molecule has 0 radical (unpaired) electrons. The molecule has 4 atom stereocenters. The van der Waals surface area contributed by atoms with Gasteiger partial charge in [-0.1, -0.05) is 67.4 Å². The fourth-order valence-corrected chi connectivity index (χ4v) is 10.9. The van der Waals surface area contributed by atoms with E-state index in [1.165, 1.54) is 21.2 Å². The molecule has 4 unspecified atom stereocenters. The van der Waals surface area contributed by atoms with E-state index in [0.717, 1.165) is 72.0 Å². The summed E-state index contributed by atoms with van der Waals surface area (Å²) in [5.74, 6) is -1.05. The molecule has 0 saturated carbocycles. The van der Waals surface area contributed by atoms with E-state index in [1.54, 1.807) is 61.8 Å². The summed E-state index contributed by atoms with van der Waals surface area (Å²) in [5, 5.41) is 15.2. The van der Waals surface area contributed by atoms with Gasteiger partial charge in [0.1, 0.15) is 6.61 Å². The maximum absolute atomic E-state index is 13.8. The third-order valence-corrected chi connectivity index (χ3v) is 15.0. The number of carbonyl (C=O) groups is 3. The smallest absolute Gasteiger partial charge is 0.410 e. The topological polar surface area (TPSA) is 280 Å². The number of piperidine rings is 2. The number of hydrogen-bond acceptors (Lipinski definition) is 12. The number of nitrogens with zero attached hydrogens (tertiary/aromatic N) is 6. The molecule has 0 aliphatic carbocycles. The molecule has 2 saturated heterocycles. The second-order valence-electron chi connectivity index (χ2n) is 20.1. The number of benzene rings is 3. The largest absolute Gasteiger partial charge is 0.478 e. The quantitative estimate of drug-likeness (QED) is 0.0877. The number of likely N-dealkylation sites (tertiary alicyclic amines) is 2. The van der Waals surface area contributed by atoms with Gasteiger partial charge < -0.3 is 14.7 Å². The standard InChI is InChI=1S/C23H29N5O4S.C22H26N4O3.C9H11NO4S/c1-13-8-9-18(26-33(5,31)32)17(11-13)23(30)27-10-6-7-14(2)21(27)19-12-20-24-16(4)15(3)22(29)28(20)25-19;1-14-8-7-11-25(22(28)29-13-17-9-5-4-6-10-17)20(14)18-12-19-23-16(3)15(2)21(27)26(19)24-18;1-6-3-4-8(10-15(2,13)14)7(5-6)9(11)12/h8-9,11-12,14,21,25-26H,6-7,10H2,1-5H3;4-6,9-10,12,14,20,24H,7-8,11,13H2,1-3H3;3-5,10H,1-2H3,(H,11,12). The fraction of sp³-hybridized carbons (Fsp3) is 0.389. The van der Waals surface area contributed by atoms with Crippen LogP contribution in [-0.2, 0) is 31.4 Å². The van der Waals surface area contributed by atoms with Crippen molar-refractivity contribution in [2.45, 2.75) is 99.8 Å². The highest BCUT2D eigenvalue weighted by Gasteiger charge is 2.37. The zero-order valence-corrected chi connectivity index (χ0v) is 46.4. The van der Waals surface area contributed by atoms with Gasteiger partial charge in [-0.25, -0.2) is 45.4 Å². The number of anilines is 2. The Balaban J connectivity index is 0.000000179. The van der Waals surface area contributed by atoms with E-state index in [1.807, 2.05) is 56.3 Å². The maximum Gasteiger partial charge on any atom is 0.410 e. The second-order valence-corrected chi connectivity index (χ2v) is 23.6. The van der Waals surface area contributed by atoms with Gasteiger partial charge in [-0.3, -0.25) is 38.9 Å². The van der Waals surface area contributed by atoms with Crippen LogP contribution in [0.4, 0.5) is 16.2 Å². The Morgan fingerprint density at radius 1 is 0.649 bits per heavy atom. The molecule has 5 N–H and O–H groups in total. The van der Waals surface area contributed by atoms with Crippen molar-refractivity contribution < 1.29 is 41.1 Å². The number of aromatic carboxylic acids is 1. The van der Waals surface area contributed by atoms with Gasteiger partial charge in [0.2, 0.25) is 20.0 Å². The third-order valence-electron chi connectivity index (χ3n) is 13.8. The van der Waals surface area contributed by atoms with Crippen LogP contribution in [0.2, 0.25) is 0 Å². The first-order valence-corrected chi connectivity index (χ1v) is 28.9. The number of fused-ring (bicyclic) bond motifs is 2. The first kappa shape index (κ1) is 56.9. The van der Waals surface area contributed by atoms with Crippen LogP contribution in [-0.4, -0.2) is 105 Å². The molecule has 77 heavy (non-hydrogen) atoms. The number of nitrogens with one attached hydrogen (secondary N) is 4. The molecule has 0 bridgehead atoms. The van der Waals surface area contributed by atoms with Crippen LogP contribution in [0.15, 0.2) is 88.5 Å². The Morgan fingerprint density at radius 2 is 1.09 bits per heavy atom. The molecule has 0 spiro atoms. The SMILES string of the molecule is Cc1ccc(NS(C)(=O)=O)c(C(=O)N2CCCC(C)C2c2cc3nc(C)c(C)c(=O)n3[nH]2)c1.Cc1ccc(NS(C)(=O)=O)c(C(=O)O)c1.Cc1nc2cc(C3C(C)CCCN3C(=O)OCc3ccccc3)[nH]n2c(=O)c1C. The molecule has 6 heterocycles. The van der Waals surface area contributed by atoms with Crippen LogP contribution < -0.4 is 20.6 Å². The molecule has 2 amide bonds. The zero-order chi connectivity index (χ0) is 56.3. The van der Waals surface area contributed by atoms with E-state index in [4.69, 9.17) is 9.84 Å². The molecule has 7 aromatic rings. The number of ether oxygens (including phenoxy) is 1. The van der Waals surface area contributed by atoms with E-state index in [2.05, 4.69) is 43.5 Å². The highest BCUT2D eigenvalue weighted by atomic mass is 32.2. The lowest BCUT2D eigenvalue weighted by atomic mass is 9.88. The molecule has 9 rings (SSSR count). The highest BCUT2D eigenvalue weighted by molar-refractivity contribution is 7.92. The summed E-state index contributed by atoms with van der Waals surface area (Å²) in [5.41, 5.74) is 8.08. The van der Waals surface area contributed by atoms with Gasteiger partial charge in [0.15, 0.2) is 11.3 Å². The number of rotatable bonds is 10. The number of aromatic amines is 2. The fourth-order valence-electron chi connectivity index (χ4n) is 9.74. The summed E-state index contributed by atoms with van der Waals surface area (Å²) in [6.45, 7) is 16.3. The number of aryl methyl sites for hydroxylation is 4. The van der Waals surface area contributed by atoms with Crippen molar-refractivity contribution in [2.24, 2.45) is 11.8 Å². The lowest BCUT2D eigenvalue weighted by molar-refractivity contribution is 0.0498. The summed E-state index contributed by atoms with van der Waals surface area (Å²) in [4.78, 5) is 75.4. The van der Waals surface area contributed by atoms with Crippen molar-refractivity contribution in [3.63, 3.8) is 0 Å². The van der Waals surface area contributed by atoms with Crippen molar-refractivity contribution in [1.82, 2.24) is 39.0 Å². The maximum atomic E-state index is 13.8. The van der Waals surface area contributed by atoms with Crippen molar-refractivity contribution >= 4 is 60.7 Å². The van der Waals surface area contributed by atoms with Crippen molar-refractivity contribution in [3.8, 4) is 0 Å². The molecular formula is C54H66N10O11S2. The van der Waals surface area contributed by atoms with E-state index in [9.17, 15) is 40.8 Å². The van der Waals surface area contributed by atoms with Crippen LogP contribution >= 0.6 is 0 Å². The minimum absolute atomic E-state index is 0.0552. The molecule has 2 aliphatic rings. The van der Waals surface area contributed by atoms with Gasteiger partial charge in [-0.05, 0) is 109 Å². The Bertz CT molecular complexity index is 3720. The number of carboxylic acid groups (broad SMARTS) is 1. The van der Waals surface area contributed by atoms with E-state index >= 15 is 0 Å². The number of amides is 2. The van der Waals surface area contributed by atoms with Crippen LogP contribution in [0.1, 0.15) is 123 Å². The molecule has 2 fully saturated rings. The first-order valence-electron chi connectivity index (χ1n) is 25.1. The van der Waals surface area contributed by atoms with Crippen LogP contribution in [0.5, 0.6) is 0 Å². The molecule has 21 nitrogen and oxygen atoms in total. The monoisotopic (exact) mass is 1090 g/mol. The molecular weight excluding hydrogens is 1030 g/mol. The average Bonchev–Trinajstić information content (AvgIpc) is 4.02. The Hall–Kier alpha value is -7.79. The first-order chi connectivity index (χ1) is 36.2. The molecule has 3 aromatic carbocycles. The van der Waals surface area contributed by atoms with Gasteiger partial charge in [-0.15, -0.1) is 0 Å². The number of aromatic nitrogens is 6. The number of sulfonamides is 2. The Morgan fingerprint density at radius 3 is 1.56 bits per heavy atom. The van der Waals surface area contributed by atoms with Gasteiger partial charge in [-0.2, -0.15) is 0 Å². The number of H-pyrrole nitrogens is 2. The molecule has 2 aliphatic heterocycles. The summed E-state index contributed by atoms with van der Waals surface area (Å²) < 4.78 is 58.8. The molecule has 410 valence electrons.